The Labute approximate surface area is 215 Å². The third-order valence-electron chi connectivity index (χ3n) is 6.85. The fourth-order valence-corrected chi connectivity index (χ4v) is 4.77. The first-order valence-electron chi connectivity index (χ1n) is 13.1. The Morgan fingerprint density at radius 1 is 0.865 bits per heavy atom. The Hall–Kier alpha value is -2.64. The molecule has 3 nitrogen and oxygen atoms in total. The molecule has 3 aromatic carbocycles. The van der Waals surface area contributed by atoms with E-state index in [4.69, 9.17) is 9.47 Å². The first kappa shape index (κ1) is 27.4. The lowest BCUT2D eigenvalue weighted by Crippen LogP contribution is -2.27. The number of rotatable bonds is 11. The molecule has 0 amide bonds. The summed E-state index contributed by atoms with van der Waals surface area (Å²) >= 11 is 0. The van der Waals surface area contributed by atoms with Crippen molar-refractivity contribution < 1.29 is 31.8 Å². The number of alkyl halides is 3. The second kappa shape index (κ2) is 12.7. The Morgan fingerprint density at radius 2 is 1.59 bits per heavy atom. The van der Waals surface area contributed by atoms with Crippen LogP contribution in [0.2, 0.25) is 0 Å². The molecule has 1 aliphatic rings. The average Bonchev–Trinajstić information content (AvgIpc) is 2.88. The second-order valence-electron chi connectivity index (χ2n) is 9.78. The van der Waals surface area contributed by atoms with Gasteiger partial charge in [0.2, 0.25) is 0 Å². The van der Waals surface area contributed by atoms with Gasteiger partial charge in [0.1, 0.15) is 11.6 Å². The molecule has 0 bridgehead atoms. The van der Waals surface area contributed by atoms with Crippen LogP contribution in [-0.2, 0) is 22.3 Å². The van der Waals surface area contributed by atoms with Gasteiger partial charge >= 0.3 is 6.36 Å². The van der Waals surface area contributed by atoms with E-state index >= 15 is 4.39 Å². The normalized spacial score (nSPS) is 18.3. The average molecular weight is 519 g/mol. The molecule has 1 aliphatic heterocycles. The molecule has 7 heteroatoms. The molecule has 0 aromatic heterocycles. The molecule has 200 valence electrons. The number of aryl methyl sites for hydroxylation is 2. The van der Waals surface area contributed by atoms with Crippen molar-refractivity contribution in [2.24, 2.45) is 5.92 Å². The summed E-state index contributed by atoms with van der Waals surface area (Å²) in [5.41, 5.74) is 2.24. The molecule has 4 rings (SSSR count). The van der Waals surface area contributed by atoms with E-state index in [1.165, 1.54) is 44.2 Å². The third kappa shape index (κ3) is 7.92. The molecule has 0 radical (unpaired) electrons. The van der Waals surface area contributed by atoms with Crippen molar-refractivity contribution in [2.45, 2.75) is 70.9 Å². The number of halogens is 4. The first-order valence-corrected chi connectivity index (χ1v) is 13.1. The minimum Gasteiger partial charge on any atom is -0.406 e. The van der Waals surface area contributed by atoms with Crippen molar-refractivity contribution in [3.8, 4) is 5.75 Å². The smallest absolute Gasteiger partial charge is 0.406 e. The molecule has 37 heavy (non-hydrogen) atoms. The zero-order valence-corrected chi connectivity index (χ0v) is 21.2. The maximum atomic E-state index is 15.2. The number of fused-ring (bicyclic) bond motifs is 1. The van der Waals surface area contributed by atoms with E-state index in [0.717, 1.165) is 22.9 Å². The molecule has 0 aliphatic carbocycles. The van der Waals surface area contributed by atoms with Gasteiger partial charge in [0.05, 0.1) is 13.2 Å². The van der Waals surface area contributed by atoms with Crippen molar-refractivity contribution in [1.29, 1.82) is 0 Å². The quantitative estimate of drug-likeness (QED) is 0.188. The van der Waals surface area contributed by atoms with Crippen molar-refractivity contribution in [1.82, 2.24) is 0 Å². The fourth-order valence-electron chi connectivity index (χ4n) is 4.77. The van der Waals surface area contributed by atoms with Crippen LogP contribution in [0.1, 0.15) is 68.4 Å². The van der Waals surface area contributed by atoms with Gasteiger partial charge in [-0.15, -0.1) is 13.2 Å². The molecule has 1 saturated heterocycles. The van der Waals surface area contributed by atoms with Crippen molar-refractivity contribution in [3.63, 3.8) is 0 Å². The maximum absolute atomic E-state index is 15.2. The zero-order valence-electron chi connectivity index (χ0n) is 21.2. The monoisotopic (exact) mass is 518 g/mol. The molecule has 1 fully saturated rings. The lowest BCUT2D eigenvalue weighted by Gasteiger charge is -2.30. The van der Waals surface area contributed by atoms with Gasteiger partial charge in [0.25, 0.3) is 0 Å². The topological polar surface area (TPSA) is 27.7 Å². The van der Waals surface area contributed by atoms with Crippen LogP contribution in [0.5, 0.6) is 5.75 Å². The first-order chi connectivity index (χ1) is 17.8. The van der Waals surface area contributed by atoms with Crippen LogP contribution < -0.4 is 4.74 Å². The van der Waals surface area contributed by atoms with Gasteiger partial charge in [-0.25, -0.2) is 4.39 Å². The van der Waals surface area contributed by atoms with E-state index < -0.39 is 12.7 Å². The molecular weight excluding hydrogens is 484 g/mol. The molecule has 0 spiro atoms. The summed E-state index contributed by atoms with van der Waals surface area (Å²) < 4.78 is 68.1. The molecule has 1 heterocycles. The lowest BCUT2D eigenvalue weighted by atomic mass is 9.98. The van der Waals surface area contributed by atoms with Crippen LogP contribution in [0.25, 0.3) is 10.8 Å². The highest BCUT2D eigenvalue weighted by Crippen LogP contribution is 2.31. The van der Waals surface area contributed by atoms with Crippen molar-refractivity contribution in [2.75, 3.05) is 13.2 Å². The Bertz CT molecular complexity index is 1140. The van der Waals surface area contributed by atoms with Gasteiger partial charge in [-0.3, -0.25) is 0 Å². The Kier molecular flexibility index (Phi) is 9.43. The van der Waals surface area contributed by atoms with Crippen LogP contribution in [0.3, 0.4) is 0 Å². The summed E-state index contributed by atoms with van der Waals surface area (Å²) in [5, 5.41) is 1.30. The van der Waals surface area contributed by atoms with E-state index in [9.17, 15) is 13.2 Å². The largest absolute Gasteiger partial charge is 0.573 e. The Morgan fingerprint density at radius 3 is 2.30 bits per heavy atom. The lowest BCUT2D eigenvalue weighted by molar-refractivity contribution is -0.274. The van der Waals surface area contributed by atoms with Gasteiger partial charge in [0, 0.05) is 16.9 Å². The highest BCUT2D eigenvalue weighted by molar-refractivity contribution is 5.84. The van der Waals surface area contributed by atoms with Crippen LogP contribution in [0.4, 0.5) is 17.6 Å². The number of benzene rings is 3. The maximum Gasteiger partial charge on any atom is 0.573 e. The Balaban J connectivity index is 1.32. The van der Waals surface area contributed by atoms with Crippen LogP contribution in [0.15, 0.2) is 54.6 Å². The van der Waals surface area contributed by atoms with E-state index in [1.54, 1.807) is 24.3 Å². The van der Waals surface area contributed by atoms with Crippen LogP contribution >= 0.6 is 0 Å². The van der Waals surface area contributed by atoms with E-state index in [-0.39, 0.29) is 11.6 Å². The molecular formula is C30H34F4O3. The number of hydrogen-bond acceptors (Lipinski definition) is 3. The van der Waals surface area contributed by atoms with E-state index in [2.05, 4.69) is 11.7 Å². The van der Waals surface area contributed by atoms with Gasteiger partial charge in [-0.05, 0) is 54.0 Å². The highest BCUT2D eigenvalue weighted by Gasteiger charge is 2.31. The minimum absolute atomic E-state index is 0.271. The van der Waals surface area contributed by atoms with E-state index in [0.29, 0.717) is 42.9 Å². The second-order valence-corrected chi connectivity index (χ2v) is 9.78. The highest BCUT2D eigenvalue weighted by atomic mass is 19.4. The van der Waals surface area contributed by atoms with Gasteiger partial charge in [0.15, 0.2) is 6.29 Å². The summed E-state index contributed by atoms with van der Waals surface area (Å²) in [7, 11) is 0. The summed E-state index contributed by atoms with van der Waals surface area (Å²) in [6.07, 6.45) is 3.18. The summed E-state index contributed by atoms with van der Waals surface area (Å²) in [5.74, 6) is -0.130. The molecule has 0 N–H and O–H groups in total. The summed E-state index contributed by atoms with van der Waals surface area (Å²) in [4.78, 5) is 0. The number of ether oxygens (including phenoxy) is 3. The molecule has 3 aromatic rings. The minimum atomic E-state index is -4.72. The summed E-state index contributed by atoms with van der Waals surface area (Å²) in [6, 6.07) is 14.8. The predicted octanol–water partition coefficient (Wildman–Crippen LogP) is 8.68. The van der Waals surface area contributed by atoms with Crippen molar-refractivity contribution >= 4 is 10.8 Å². The van der Waals surface area contributed by atoms with Crippen molar-refractivity contribution in [3.05, 3.63) is 77.1 Å². The summed E-state index contributed by atoms with van der Waals surface area (Å²) in [6.45, 7) is 3.57. The van der Waals surface area contributed by atoms with Crippen LogP contribution in [-0.4, -0.2) is 19.6 Å². The zero-order chi connectivity index (χ0) is 26.3. The van der Waals surface area contributed by atoms with E-state index in [1.807, 2.05) is 18.2 Å². The number of hydrogen-bond donors (Lipinski definition) is 0. The van der Waals surface area contributed by atoms with Gasteiger partial charge in [-0.1, -0.05) is 75.4 Å². The standard InChI is InChI=1S/C30H34F4O3/c1-2-3-4-5-6-7-22-19-35-29(36-20-22)25-14-17-27-24(18-25)13-12-23(28(27)31)11-8-21-9-15-26(16-10-21)37-30(32,33)34/h9-10,12-18,22,29H,2-8,11,19-20H2,1H3. The SMILES string of the molecule is CCCCCCCC1COC(c2ccc3c(F)c(CCc4ccc(OC(F)(F)F)cc4)ccc3c2)OC1. The van der Waals surface area contributed by atoms with Gasteiger partial charge in [-0.2, -0.15) is 0 Å². The third-order valence-corrected chi connectivity index (χ3v) is 6.85. The predicted molar refractivity (Wildman–Crippen MR) is 136 cm³/mol. The van der Waals surface area contributed by atoms with Gasteiger partial charge < -0.3 is 14.2 Å². The van der Waals surface area contributed by atoms with Crippen LogP contribution in [0, 0.1) is 11.7 Å². The molecule has 0 saturated carbocycles. The molecule has 0 atom stereocenters. The number of unbranched alkanes of at least 4 members (excludes halogenated alkanes) is 4. The fraction of sp³-hybridized carbons (Fsp3) is 0.467. The molecule has 0 unspecified atom stereocenters.